The SMILES string of the molecule is Cc1cnccc1-c1ccc(Cl)c(N)c1. The number of pyridine rings is 1. The monoisotopic (exact) mass is 218 g/mol. The maximum absolute atomic E-state index is 5.87. The summed E-state index contributed by atoms with van der Waals surface area (Å²) in [4.78, 5) is 4.05. The third-order valence-electron chi connectivity index (χ3n) is 2.33. The number of nitrogens with two attached hydrogens (primary N) is 1. The number of hydrogen-bond donors (Lipinski definition) is 1. The molecule has 76 valence electrons. The van der Waals surface area contributed by atoms with E-state index in [0.29, 0.717) is 10.7 Å². The van der Waals surface area contributed by atoms with E-state index >= 15 is 0 Å². The van der Waals surface area contributed by atoms with Crippen molar-refractivity contribution in [3.8, 4) is 11.1 Å². The highest BCUT2D eigenvalue weighted by Gasteiger charge is 2.03. The molecule has 0 saturated carbocycles. The second-order valence-corrected chi connectivity index (χ2v) is 3.83. The zero-order valence-electron chi connectivity index (χ0n) is 8.37. The first-order chi connectivity index (χ1) is 7.18. The molecule has 0 amide bonds. The van der Waals surface area contributed by atoms with E-state index in [1.165, 1.54) is 0 Å². The number of halogens is 1. The highest BCUT2D eigenvalue weighted by molar-refractivity contribution is 6.33. The number of anilines is 1. The molecule has 0 spiro atoms. The van der Waals surface area contributed by atoms with Crippen LogP contribution in [-0.2, 0) is 0 Å². The zero-order chi connectivity index (χ0) is 10.8. The molecule has 1 heterocycles. The van der Waals surface area contributed by atoms with Crippen molar-refractivity contribution < 1.29 is 0 Å². The molecule has 1 aromatic heterocycles. The van der Waals surface area contributed by atoms with Crippen LogP contribution in [0.25, 0.3) is 11.1 Å². The number of nitrogens with zero attached hydrogens (tertiary/aromatic N) is 1. The Balaban J connectivity index is 2.55. The van der Waals surface area contributed by atoms with Gasteiger partial charge in [-0.05, 0) is 41.8 Å². The van der Waals surface area contributed by atoms with E-state index < -0.39 is 0 Å². The molecule has 0 bridgehead atoms. The average molecular weight is 219 g/mol. The van der Waals surface area contributed by atoms with E-state index in [1.807, 2.05) is 37.4 Å². The molecule has 0 radical (unpaired) electrons. The number of hydrogen-bond acceptors (Lipinski definition) is 2. The molecule has 1 aromatic carbocycles. The summed E-state index contributed by atoms with van der Waals surface area (Å²) >= 11 is 5.87. The Kier molecular flexibility index (Phi) is 2.60. The second kappa shape index (κ2) is 3.91. The summed E-state index contributed by atoms with van der Waals surface area (Å²) in [5.41, 5.74) is 9.69. The standard InChI is InChI=1S/C12H11ClN2/c1-8-7-15-5-4-10(8)9-2-3-11(13)12(14)6-9/h2-7H,14H2,1H3. The van der Waals surface area contributed by atoms with E-state index in [4.69, 9.17) is 17.3 Å². The topological polar surface area (TPSA) is 38.9 Å². The highest BCUT2D eigenvalue weighted by Crippen LogP contribution is 2.28. The fraction of sp³-hybridized carbons (Fsp3) is 0.0833. The van der Waals surface area contributed by atoms with Crippen molar-refractivity contribution >= 4 is 17.3 Å². The summed E-state index contributed by atoms with van der Waals surface area (Å²) < 4.78 is 0. The lowest BCUT2D eigenvalue weighted by atomic mass is 10.0. The van der Waals surface area contributed by atoms with Gasteiger partial charge in [-0.1, -0.05) is 17.7 Å². The lowest BCUT2D eigenvalue weighted by molar-refractivity contribution is 1.27. The summed E-state index contributed by atoms with van der Waals surface area (Å²) in [7, 11) is 0. The number of aromatic nitrogens is 1. The van der Waals surface area contributed by atoms with E-state index in [2.05, 4.69) is 4.98 Å². The Morgan fingerprint density at radius 1 is 1.27 bits per heavy atom. The molecule has 0 fully saturated rings. The van der Waals surface area contributed by atoms with Crippen LogP contribution in [0.1, 0.15) is 5.56 Å². The minimum Gasteiger partial charge on any atom is -0.398 e. The van der Waals surface area contributed by atoms with Crippen molar-refractivity contribution in [1.82, 2.24) is 4.98 Å². The van der Waals surface area contributed by atoms with Gasteiger partial charge in [-0.25, -0.2) is 0 Å². The van der Waals surface area contributed by atoms with Crippen molar-refractivity contribution in [3.63, 3.8) is 0 Å². The second-order valence-electron chi connectivity index (χ2n) is 3.43. The van der Waals surface area contributed by atoms with Gasteiger partial charge < -0.3 is 5.73 Å². The van der Waals surface area contributed by atoms with Crippen molar-refractivity contribution in [1.29, 1.82) is 0 Å². The molecule has 2 N–H and O–H groups in total. The first kappa shape index (κ1) is 9.99. The number of rotatable bonds is 1. The van der Waals surface area contributed by atoms with Crippen LogP contribution in [0.4, 0.5) is 5.69 Å². The Morgan fingerprint density at radius 3 is 2.73 bits per heavy atom. The Morgan fingerprint density at radius 2 is 2.07 bits per heavy atom. The van der Waals surface area contributed by atoms with Crippen molar-refractivity contribution in [2.45, 2.75) is 6.92 Å². The fourth-order valence-electron chi connectivity index (χ4n) is 1.51. The predicted molar refractivity (Wildman–Crippen MR) is 63.8 cm³/mol. The summed E-state index contributed by atoms with van der Waals surface area (Å²) in [5, 5.41) is 0.588. The van der Waals surface area contributed by atoms with Crippen molar-refractivity contribution in [2.24, 2.45) is 0 Å². The normalized spacial score (nSPS) is 10.3. The first-order valence-electron chi connectivity index (χ1n) is 4.64. The molecular formula is C12H11ClN2. The highest BCUT2D eigenvalue weighted by atomic mass is 35.5. The molecule has 15 heavy (non-hydrogen) atoms. The largest absolute Gasteiger partial charge is 0.398 e. The van der Waals surface area contributed by atoms with Gasteiger partial charge in [0.25, 0.3) is 0 Å². The smallest absolute Gasteiger partial charge is 0.0635 e. The molecule has 2 rings (SSSR count). The van der Waals surface area contributed by atoms with Gasteiger partial charge in [0.2, 0.25) is 0 Å². The van der Waals surface area contributed by atoms with Gasteiger partial charge in [-0.15, -0.1) is 0 Å². The number of aryl methyl sites for hydroxylation is 1. The summed E-state index contributed by atoms with van der Waals surface area (Å²) in [6.07, 6.45) is 3.60. The van der Waals surface area contributed by atoms with E-state index in [-0.39, 0.29) is 0 Å². The minimum atomic E-state index is 0.588. The van der Waals surface area contributed by atoms with Crippen LogP contribution in [0.2, 0.25) is 5.02 Å². The van der Waals surface area contributed by atoms with Crippen molar-refractivity contribution in [2.75, 3.05) is 5.73 Å². The molecule has 0 aliphatic rings. The maximum atomic E-state index is 5.87. The molecule has 2 nitrogen and oxygen atoms in total. The fourth-order valence-corrected chi connectivity index (χ4v) is 1.63. The Hall–Kier alpha value is -1.54. The molecule has 0 aliphatic heterocycles. The van der Waals surface area contributed by atoms with Crippen molar-refractivity contribution in [3.05, 3.63) is 47.2 Å². The number of nitrogen functional groups attached to an aromatic ring is 1. The summed E-state index contributed by atoms with van der Waals surface area (Å²) in [6.45, 7) is 2.02. The van der Waals surface area contributed by atoms with Crippen LogP contribution in [0.15, 0.2) is 36.7 Å². The first-order valence-corrected chi connectivity index (χ1v) is 5.02. The molecule has 2 aromatic rings. The summed E-state index contributed by atoms with van der Waals surface area (Å²) in [6, 6.07) is 7.62. The molecule has 3 heteroatoms. The lowest BCUT2D eigenvalue weighted by Gasteiger charge is -2.06. The summed E-state index contributed by atoms with van der Waals surface area (Å²) in [5.74, 6) is 0. The van der Waals surface area contributed by atoms with Gasteiger partial charge in [0.1, 0.15) is 0 Å². The van der Waals surface area contributed by atoms with Gasteiger partial charge in [0.15, 0.2) is 0 Å². The quantitative estimate of drug-likeness (QED) is 0.746. The third kappa shape index (κ3) is 1.95. The van der Waals surface area contributed by atoms with Gasteiger partial charge in [0, 0.05) is 12.4 Å². The zero-order valence-corrected chi connectivity index (χ0v) is 9.12. The predicted octanol–water partition coefficient (Wildman–Crippen LogP) is 3.29. The lowest BCUT2D eigenvalue weighted by Crippen LogP contribution is -1.89. The van der Waals surface area contributed by atoms with Crippen LogP contribution >= 0.6 is 11.6 Å². The van der Waals surface area contributed by atoms with Crippen LogP contribution in [-0.4, -0.2) is 4.98 Å². The third-order valence-corrected chi connectivity index (χ3v) is 2.67. The van der Waals surface area contributed by atoms with Crippen LogP contribution in [0.3, 0.4) is 0 Å². The maximum Gasteiger partial charge on any atom is 0.0635 e. The molecular weight excluding hydrogens is 208 g/mol. The van der Waals surface area contributed by atoms with E-state index in [1.54, 1.807) is 6.20 Å². The molecule has 0 aliphatic carbocycles. The molecule has 0 unspecified atom stereocenters. The molecule has 0 atom stereocenters. The van der Waals surface area contributed by atoms with Gasteiger partial charge in [0.05, 0.1) is 10.7 Å². The van der Waals surface area contributed by atoms with Crippen LogP contribution in [0.5, 0.6) is 0 Å². The molecule has 0 saturated heterocycles. The van der Waals surface area contributed by atoms with Crippen LogP contribution < -0.4 is 5.73 Å². The average Bonchev–Trinajstić information content (AvgIpc) is 2.23. The van der Waals surface area contributed by atoms with E-state index in [9.17, 15) is 0 Å². The minimum absolute atomic E-state index is 0.588. The van der Waals surface area contributed by atoms with Gasteiger partial charge in [-0.3, -0.25) is 4.98 Å². The van der Waals surface area contributed by atoms with E-state index in [0.717, 1.165) is 16.7 Å². The number of benzene rings is 1. The Bertz CT molecular complexity index is 495. The van der Waals surface area contributed by atoms with Gasteiger partial charge >= 0.3 is 0 Å². The van der Waals surface area contributed by atoms with Gasteiger partial charge in [-0.2, -0.15) is 0 Å². The Labute approximate surface area is 93.7 Å². The van der Waals surface area contributed by atoms with Crippen LogP contribution in [0, 0.1) is 6.92 Å².